The van der Waals surface area contributed by atoms with E-state index in [0.717, 1.165) is 31.7 Å². The number of ether oxygens (including phenoxy) is 1. The van der Waals surface area contributed by atoms with Crippen LogP contribution in [0.4, 0.5) is 27.4 Å². The normalized spacial score (nSPS) is 17.1. The fourth-order valence-corrected chi connectivity index (χ4v) is 4.23. The van der Waals surface area contributed by atoms with Crippen LogP contribution in [-0.2, 0) is 0 Å². The minimum atomic E-state index is -0.847. The number of hydrogen-bond donors (Lipinski definition) is 5. The number of nitrogens with two attached hydrogens (primary N) is 2. The van der Waals surface area contributed by atoms with Crippen molar-refractivity contribution in [2.24, 2.45) is 11.5 Å². The lowest BCUT2D eigenvalue weighted by Gasteiger charge is -2.30. The molecule has 37 heavy (non-hydrogen) atoms. The molecule has 2 heterocycles. The number of aromatic nitrogens is 2. The second kappa shape index (κ2) is 11.7. The summed E-state index contributed by atoms with van der Waals surface area (Å²) in [6.07, 6.45) is 6.58. The molecule has 1 unspecified atom stereocenters. The maximum atomic E-state index is 14.8. The number of primary amides is 1. The van der Waals surface area contributed by atoms with E-state index in [-0.39, 0.29) is 35.2 Å². The number of nitrogens with one attached hydrogen (secondary N) is 3. The molecule has 1 aromatic carbocycles. The third kappa shape index (κ3) is 6.31. The summed E-state index contributed by atoms with van der Waals surface area (Å²) in [6.45, 7) is 2.25. The average Bonchev–Trinajstić information content (AvgIpc) is 2.87. The predicted octanol–water partition coefficient (Wildman–Crippen LogP) is 3.79. The van der Waals surface area contributed by atoms with Crippen LogP contribution >= 0.6 is 0 Å². The van der Waals surface area contributed by atoms with Gasteiger partial charge in [-0.25, -0.2) is 9.37 Å². The molecule has 2 aromatic heterocycles. The summed E-state index contributed by atoms with van der Waals surface area (Å²) in [4.78, 5) is 33.3. The number of pyridine rings is 2. The van der Waals surface area contributed by atoms with Crippen molar-refractivity contribution >= 4 is 34.8 Å². The van der Waals surface area contributed by atoms with E-state index < -0.39 is 11.7 Å². The van der Waals surface area contributed by atoms with E-state index in [4.69, 9.17) is 16.2 Å². The number of hydrogen-bond acceptors (Lipinski definition) is 8. The molecular formula is C26H30FN7O3. The zero-order chi connectivity index (χ0) is 26.4. The van der Waals surface area contributed by atoms with Crippen molar-refractivity contribution in [1.29, 1.82) is 0 Å². The van der Waals surface area contributed by atoms with Crippen molar-refractivity contribution in [3.63, 3.8) is 0 Å². The van der Waals surface area contributed by atoms with Crippen molar-refractivity contribution in [2.75, 3.05) is 22.6 Å². The van der Waals surface area contributed by atoms with E-state index in [9.17, 15) is 14.0 Å². The Kier molecular flexibility index (Phi) is 8.14. The van der Waals surface area contributed by atoms with Gasteiger partial charge in [0.25, 0.3) is 11.8 Å². The summed E-state index contributed by atoms with van der Waals surface area (Å²) in [5.74, 6) is -1.45. The molecule has 0 aliphatic heterocycles. The van der Waals surface area contributed by atoms with Crippen LogP contribution in [-0.4, -0.2) is 40.5 Å². The van der Waals surface area contributed by atoms with Gasteiger partial charge >= 0.3 is 0 Å². The van der Waals surface area contributed by atoms with E-state index in [2.05, 4.69) is 25.9 Å². The van der Waals surface area contributed by atoms with Crippen molar-refractivity contribution in [2.45, 2.75) is 44.7 Å². The van der Waals surface area contributed by atoms with Gasteiger partial charge in [0.05, 0.1) is 41.5 Å². The number of amides is 2. The second-order valence-corrected chi connectivity index (χ2v) is 8.75. The highest BCUT2D eigenvalue weighted by atomic mass is 19.1. The highest BCUT2D eigenvalue weighted by Crippen LogP contribution is 2.27. The summed E-state index contributed by atoms with van der Waals surface area (Å²) in [5, 5.41) is 8.82. The summed E-state index contributed by atoms with van der Waals surface area (Å²) in [7, 11) is 0. The summed E-state index contributed by atoms with van der Waals surface area (Å²) in [5.41, 5.74) is 12.7. The fourth-order valence-electron chi connectivity index (χ4n) is 4.23. The molecule has 7 N–H and O–H groups in total. The van der Waals surface area contributed by atoms with E-state index in [0.29, 0.717) is 29.3 Å². The predicted molar refractivity (Wildman–Crippen MR) is 140 cm³/mol. The van der Waals surface area contributed by atoms with Gasteiger partial charge in [-0.15, -0.1) is 0 Å². The standard InChI is InChI=1S/C26H30FN7O3/c1-2-37-22-10-6-3-7-17(22)26(36)32-16-11-15(13-30-14-16)31-24-18(23(29)35)12-19(27)25(34-24)33-21-9-5-4-8-20(21)28/h3,6-7,10-14,20-21H,2,4-5,8-9,28H2,1H3,(H2,29,35)(H,32,36)(H2,31,33,34)/t20-,21?/m0/s1. The topological polar surface area (TPSA) is 157 Å². The van der Waals surface area contributed by atoms with Gasteiger partial charge in [-0.05, 0) is 44.0 Å². The highest BCUT2D eigenvalue weighted by Gasteiger charge is 2.24. The van der Waals surface area contributed by atoms with Crippen LogP contribution in [0, 0.1) is 5.82 Å². The number of benzene rings is 1. The molecule has 0 spiro atoms. The summed E-state index contributed by atoms with van der Waals surface area (Å²) < 4.78 is 20.3. The van der Waals surface area contributed by atoms with Gasteiger partial charge in [0, 0.05) is 12.1 Å². The quantitative estimate of drug-likeness (QED) is 0.293. The minimum Gasteiger partial charge on any atom is -0.493 e. The Morgan fingerprint density at radius 1 is 1.08 bits per heavy atom. The zero-order valence-electron chi connectivity index (χ0n) is 20.5. The third-order valence-corrected chi connectivity index (χ3v) is 6.07. The van der Waals surface area contributed by atoms with Gasteiger partial charge in [0.15, 0.2) is 11.6 Å². The van der Waals surface area contributed by atoms with Crippen LogP contribution < -0.4 is 32.2 Å². The Bertz CT molecular complexity index is 1290. The molecule has 1 fully saturated rings. The van der Waals surface area contributed by atoms with E-state index in [1.165, 1.54) is 12.4 Å². The minimum absolute atomic E-state index is 0.0280. The van der Waals surface area contributed by atoms with Crippen LogP contribution in [0.25, 0.3) is 0 Å². The number of carbonyl (C=O) groups excluding carboxylic acids is 2. The molecular weight excluding hydrogens is 477 g/mol. The van der Waals surface area contributed by atoms with Crippen LogP contribution in [0.3, 0.4) is 0 Å². The SMILES string of the molecule is CCOc1ccccc1C(=O)Nc1cncc(Nc2nc(NC3CCCC[C@@H]3N)c(F)cc2C(N)=O)c1. The molecule has 0 saturated heterocycles. The van der Waals surface area contributed by atoms with Crippen LogP contribution in [0.2, 0.25) is 0 Å². The van der Waals surface area contributed by atoms with Gasteiger partial charge in [0.2, 0.25) is 0 Å². The number of carbonyl (C=O) groups is 2. The van der Waals surface area contributed by atoms with E-state index in [1.54, 1.807) is 30.3 Å². The van der Waals surface area contributed by atoms with Gasteiger partial charge in [-0.3, -0.25) is 14.6 Å². The Morgan fingerprint density at radius 2 is 1.84 bits per heavy atom. The van der Waals surface area contributed by atoms with Crippen molar-refractivity contribution < 1.29 is 18.7 Å². The Morgan fingerprint density at radius 3 is 2.59 bits per heavy atom. The molecule has 2 atom stereocenters. The molecule has 194 valence electrons. The zero-order valence-corrected chi connectivity index (χ0v) is 20.5. The maximum Gasteiger partial charge on any atom is 0.259 e. The van der Waals surface area contributed by atoms with Crippen molar-refractivity contribution in [3.05, 3.63) is 65.7 Å². The van der Waals surface area contributed by atoms with E-state index in [1.807, 2.05) is 6.92 Å². The van der Waals surface area contributed by atoms with E-state index >= 15 is 0 Å². The Balaban J connectivity index is 1.56. The molecule has 2 amide bonds. The lowest BCUT2D eigenvalue weighted by Crippen LogP contribution is -2.43. The first-order chi connectivity index (χ1) is 17.9. The smallest absolute Gasteiger partial charge is 0.259 e. The molecule has 0 radical (unpaired) electrons. The first kappa shape index (κ1) is 25.8. The highest BCUT2D eigenvalue weighted by molar-refractivity contribution is 6.06. The fraction of sp³-hybridized carbons (Fsp3) is 0.308. The molecule has 1 saturated carbocycles. The number of anilines is 4. The lowest BCUT2D eigenvalue weighted by atomic mass is 9.91. The van der Waals surface area contributed by atoms with Gasteiger partial charge in [-0.1, -0.05) is 25.0 Å². The second-order valence-electron chi connectivity index (χ2n) is 8.75. The van der Waals surface area contributed by atoms with Gasteiger partial charge in [0.1, 0.15) is 11.6 Å². The Labute approximate surface area is 214 Å². The van der Waals surface area contributed by atoms with Crippen LogP contribution in [0.1, 0.15) is 53.3 Å². The molecule has 10 nitrogen and oxygen atoms in total. The van der Waals surface area contributed by atoms with Crippen molar-refractivity contribution in [3.8, 4) is 5.75 Å². The van der Waals surface area contributed by atoms with Crippen molar-refractivity contribution in [1.82, 2.24) is 9.97 Å². The largest absolute Gasteiger partial charge is 0.493 e. The Hall–Kier alpha value is -4.25. The first-order valence-corrected chi connectivity index (χ1v) is 12.1. The number of rotatable bonds is 9. The first-order valence-electron chi connectivity index (χ1n) is 12.1. The molecule has 1 aliphatic carbocycles. The molecule has 11 heteroatoms. The number of nitrogens with zero attached hydrogens (tertiary/aromatic N) is 2. The van der Waals surface area contributed by atoms with Gasteiger partial charge in [-0.2, -0.15) is 0 Å². The van der Waals surface area contributed by atoms with Gasteiger partial charge < -0.3 is 32.2 Å². The summed E-state index contributed by atoms with van der Waals surface area (Å²) >= 11 is 0. The number of para-hydroxylation sites is 1. The van der Waals surface area contributed by atoms with Crippen LogP contribution in [0.15, 0.2) is 48.8 Å². The summed E-state index contributed by atoms with van der Waals surface area (Å²) in [6, 6.07) is 9.28. The molecule has 3 aromatic rings. The molecule has 0 bridgehead atoms. The lowest BCUT2D eigenvalue weighted by molar-refractivity contribution is 0.0997. The molecule has 4 rings (SSSR count). The number of halogens is 1. The monoisotopic (exact) mass is 507 g/mol. The maximum absolute atomic E-state index is 14.8. The van der Waals surface area contributed by atoms with Crippen LogP contribution in [0.5, 0.6) is 5.75 Å². The average molecular weight is 508 g/mol. The molecule has 1 aliphatic rings. The third-order valence-electron chi connectivity index (χ3n) is 6.07.